The minimum absolute atomic E-state index is 0.392. The number of amides is 1. The van der Waals surface area contributed by atoms with Crippen LogP contribution in [0.2, 0.25) is 0 Å². The second kappa shape index (κ2) is 9.69. The third kappa shape index (κ3) is 4.88. The van der Waals surface area contributed by atoms with E-state index in [9.17, 15) is 27.9 Å². The molecule has 35 heavy (non-hydrogen) atoms. The zero-order valence-corrected chi connectivity index (χ0v) is 19.7. The molecule has 1 aromatic heterocycles. The Bertz CT molecular complexity index is 1270. The van der Waals surface area contributed by atoms with Gasteiger partial charge in [0.25, 0.3) is 5.91 Å². The SMILES string of the molecule is C=C1/C=C\C=C/C[C@H](N2CN([C@H](C)C(F)(F)F)C(=O)c3c(O)c(=O)ccn32)c2ccccc2SC1. The minimum atomic E-state index is -4.69. The standard InChI is InChI=1S/C25H24F3N3O3S/c1-16-8-4-3-5-10-19(18-9-6-7-11-21(18)35-14-16)31-15-29(17(2)25(26,27)28)24(34)22-23(33)20(32)12-13-30(22)31/h3-9,11-13,17,19,33H,1,10,14-15H2,2H3/b5-3-,8-4-/t17-,19+/m1/s1. The summed E-state index contributed by atoms with van der Waals surface area (Å²) < 4.78 is 42.4. The number of hydrogen-bond donors (Lipinski definition) is 1. The van der Waals surface area contributed by atoms with E-state index < -0.39 is 47.7 Å². The van der Waals surface area contributed by atoms with Crippen molar-refractivity contribution in [1.82, 2.24) is 9.58 Å². The van der Waals surface area contributed by atoms with Crippen molar-refractivity contribution in [3.05, 3.63) is 94.5 Å². The van der Waals surface area contributed by atoms with Gasteiger partial charge in [-0.05, 0) is 30.5 Å². The number of allylic oxidation sites excluding steroid dienone is 3. The molecule has 1 N–H and O–H groups in total. The Hall–Kier alpha value is -3.40. The van der Waals surface area contributed by atoms with Crippen LogP contribution in [0.15, 0.2) is 82.7 Å². The van der Waals surface area contributed by atoms with E-state index in [0.29, 0.717) is 17.1 Å². The number of aromatic hydroxyl groups is 1. The average Bonchev–Trinajstić information content (AvgIpc) is 2.85. The first-order chi connectivity index (χ1) is 16.6. The van der Waals surface area contributed by atoms with Crippen LogP contribution in [-0.2, 0) is 0 Å². The Balaban J connectivity index is 1.90. The van der Waals surface area contributed by atoms with E-state index in [0.717, 1.165) is 29.0 Å². The Morgan fingerprint density at radius 2 is 1.91 bits per heavy atom. The molecule has 1 aromatic carbocycles. The van der Waals surface area contributed by atoms with E-state index in [1.165, 1.54) is 10.9 Å². The van der Waals surface area contributed by atoms with E-state index in [-0.39, 0.29) is 0 Å². The summed E-state index contributed by atoms with van der Waals surface area (Å²) >= 11 is 1.55. The number of fused-ring (bicyclic) bond motifs is 2. The Morgan fingerprint density at radius 3 is 2.66 bits per heavy atom. The summed E-state index contributed by atoms with van der Waals surface area (Å²) in [5, 5.41) is 12.0. The van der Waals surface area contributed by atoms with Crippen molar-refractivity contribution in [3.63, 3.8) is 0 Å². The second-order valence-corrected chi connectivity index (χ2v) is 9.34. The largest absolute Gasteiger partial charge is 0.502 e. The summed E-state index contributed by atoms with van der Waals surface area (Å²) in [5.41, 5.74) is 0.425. The van der Waals surface area contributed by atoms with Gasteiger partial charge in [0.2, 0.25) is 5.43 Å². The number of carbonyl (C=O) groups is 1. The van der Waals surface area contributed by atoms with Crippen LogP contribution in [0.4, 0.5) is 13.2 Å². The number of nitrogens with zero attached hydrogens (tertiary/aromatic N) is 3. The first kappa shape index (κ1) is 24.7. The third-order valence-electron chi connectivity index (χ3n) is 6.02. The number of pyridine rings is 1. The lowest BCUT2D eigenvalue weighted by Gasteiger charge is -2.45. The summed E-state index contributed by atoms with van der Waals surface area (Å²) in [4.78, 5) is 26.8. The van der Waals surface area contributed by atoms with Crippen molar-refractivity contribution in [3.8, 4) is 5.75 Å². The zero-order chi connectivity index (χ0) is 25.3. The highest BCUT2D eigenvalue weighted by Gasteiger charge is 2.47. The van der Waals surface area contributed by atoms with Gasteiger partial charge < -0.3 is 10.0 Å². The molecule has 4 rings (SSSR count). The molecule has 0 radical (unpaired) electrons. The monoisotopic (exact) mass is 503 g/mol. The van der Waals surface area contributed by atoms with Gasteiger partial charge in [-0.3, -0.25) is 19.3 Å². The molecular weight excluding hydrogens is 479 g/mol. The van der Waals surface area contributed by atoms with Gasteiger partial charge in [-0.1, -0.05) is 49.1 Å². The van der Waals surface area contributed by atoms with Crippen LogP contribution in [-0.4, -0.2) is 45.2 Å². The molecule has 10 heteroatoms. The van der Waals surface area contributed by atoms with Gasteiger partial charge in [0.05, 0.1) is 6.04 Å². The van der Waals surface area contributed by atoms with Crippen molar-refractivity contribution in [2.75, 3.05) is 17.4 Å². The fourth-order valence-corrected chi connectivity index (χ4v) is 5.05. The highest BCUT2D eigenvalue weighted by Crippen LogP contribution is 2.37. The number of carbonyl (C=O) groups excluding carboxylic acids is 1. The molecule has 0 aliphatic carbocycles. The van der Waals surface area contributed by atoms with Crippen LogP contribution >= 0.6 is 11.8 Å². The fourth-order valence-electron chi connectivity index (χ4n) is 4.07. The van der Waals surface area contributed by atoms with E-state index in [4.69, 9.17) is 0 Å². The van der Waals surface area contributed by atoms with Crippen LogP contribution in [0.1, 0.15) is 35.4 Å². The molecule has 0 saturated heterocycles. The van der Waals surface area contributed by atoms with Gasteiger partial charge in [-0.15, -0.1) is 11.8 Å². The smallest absolute Gasteiger partial charge is 0.408 e. The molecule has 184 valence electrons. The molecule has 0 fully saturated rings. The van der Waals surface area contributed by atoms with Crippen LogP contribution in [0.25, 0.3) is 0 Å². The maximum Gasteiger partial charge on any atom is 0.408 e. The highest BCUT2D eigenvalue weighted by atomic mass is 32.2. The number of hydrogen-bond acceptors (Lipinski definition) is 5. The Kier molecular flexibility index (Phi) is 6.84. The summed E-state index contributed by atoms with van der Waals surface area (Å²) in [7, 11) is 0. The van der Waals surface area contributed by atoms with Crippen molar-refractivity contribution in [2.24, 2.45) is 0 Å². The number of rotatable bonds is 2. The summed E-state index contributed by atoms with van der Waals surface area (Å²) in [5.74, 6) is -1.32. The van der Waals surface area contributed by atoms with Gasteiger partial charge in [-0.2, -0.15) is 13.2 Å². The fraction of sp³-hybridized carbons (Fsp3) is 0.280. The summed E-state index contributed by atoms with van der Waals surface area (Å²) in [6.45, 7) is 4.54. The molecule has 2 atom stereocenters. The predicted octanol–water partition coefficient (Wildman–Crippen LogP) is 4.76. The van der Waals surface area contributed by atoms with E-state index in [1.54, 1.807) is 16.8 Å². The normalized spacial score (nSPS) is 21.5. The zero-order valence-electron chi connectivity index (χ0n) is 18.9. The quantitative estimate of drug-likeness (QED) is 0.640. The van der Waals surface area contributed by atoms with E-state index in [2.05, 4.69) is 6.58 Å². The Labute approximate surface area is 204 Å². The molecule has 3 heterocycles. The molecule has 2 aromatic rings. The number of halogens is 3. The van der Waals surface area contributed by atoms with E-state index >= 15 is 0 Å². The van der Waals surface area contributed by atoms with Gasteiger partial charge >= 0.3 is 6.18 Å². The summed E-state index contributed by atoms with van der Waals surface area (Å²) in [6, 6.07) is 6.01. The van der Waals surface area contributed by atoms with Crippen LogP contribution < -0.4 is 10.4 Å². The second-order valence-electron chi connectivity index (χ2n) is 8.32. The molecule has 1 amide bonds. The average molecular weight is 504 g/mol. The summed E-state index contributed by atoms with van der Waals surface area (Å²) in [6.07, 6.45) is 4.49. The molecule has 0 spiro atoms. The van der Waals surface area contributed by atoms with E-state index in [1.807, 2.05) is 48.6 Å². The first-order valence-corrected chi connectivity index (χ1v) is 11.9. The van der Waals surface area contributed by atoms with Crippen molar-refractivity contribution < 1.29 is 23.1 Å². The molecule has 0 unspecified atom stereocenters. The van der Waals surface area contributed by atoms with Gasteiger partial charge in [0.1, 0.15) is 12.7 Å². The number of thioether (sulfide) groups is 1. The minimum Gasteiger partial charge on any atom is -0.502 e. The van der Waals surface area contributed by atoms with Crippen LogP contribution in [0.5, 0.6) is 5.75 Å². The van der Waals surface area contributed by atoms with Crippen LogP contribution in [0, 0.1) is 0 Å². The first-order valence-electron chi connectivity index (χ1n) is 10.9. The molecule has 0 saturated carbocycles. The lowest BCUT2D eigenvalue weighted by Crippen LogP contribution is -2.60. The topological polar surface area (TPSA) is 65.8 Å². The lowest BCUT2D eigenvalue weighted by molar-refractivity contribution is -0.173. The molecular formula is C25H24F3N3O3S. The predicted molar refractivity (Wildman–Crippen MR) is 129 cm³/mol. The Morgan fingerprint density at radius 1 is 1.17 bits per heavy atom. The highest BCUT2D eigenvalue weighted by molar-refractivity contribution is 7.99. The molecule has 0 bridgehead atoms. The number of aromatic nitrogens is 1. The third-order valence-corrected chi connectivity index (χ3v) is 7.22. The lowest BCUT2D eigenvalue weighted by atomic mass is 10.0. The van der Waals surface area contributed by atoms with Crippen molar-refractivity contribution in [1.29, 1.82) is 0 Å². The van der Waals surface area contributed by atoms with Gasteiger partial charge in [-0.25, -0.2) is 0 Å². The van der Waals surface area contributed by atoms with Gasteiger partial charge in [0.15, 0.2) is 11.4 Å². The maximum atomic E-state index is 13.7. The molecule has 2 aliphatic rings. The number of alkyl halides is 3. The molecule has 6 nitrogen and oxygen atoms in total. The van der Waals surface area contributed by atoms with Crippen molar-refractivity contribution in [2.45, 2.75) is 36.5 Å². The van der Waals surface area contributed by atoms with Crippen molar-refractivity contribution >= 4 is 17.7 Å². The number of benzene rings is 1. The van der Waals surface area contributed by atoms with Gasteiger partial charge in [0, 0.05) is 22.9 Å². The molecule has 2 aliphatic heterocycles. The van der Waals surface area contributed by atoms with Crippen LogP contribution in [0.3, 0.4) is 0 Å². The maximum absolute atomic E-state index is 13.7.